The molecule has 24 heavy (non-hydrogen) atoms. The molecule has 2 N–H and O–H groups in total. The summed E-state index contributed by atoms with van der Waals surface area (Å²) < 4.78 is 10.9. The van der Waals surface area contributed by atoms with E-state index >= 15 is 0 Å². The van der Waals surface area contributed by atoms with Crippen LogP contribution >= 0.6 is 0 Å². The molecule has 2 rings (SSSR count). The normalized spacial score (nSPS) is 10.2. The number of ether oxygens (including phenoxy) is 2. The fourth-order valence-corrected chi connectivity index (χ4v) is 2.39. The monoisotopic (exact) mass is 329 g/mol. The average Bonchev–Trinajstić information content (AvgIpc) is 2.59. The Hall–Kier alpha value is -2.69. The van der Waals surface area contributed by atoms with Crippen molar-refractivity contribution < 1.29 is 19.4 Å². The van der Waals surface area contributed by atoms with E-state index in [2.05, 4.69) is 5.32 Å². The second-order valence-electron chi connectivity index (χ2n) is 5.37. The molecule has 0 saturated carbocycles. The second-order valence-corrected chi connectivity index (χ2v) is 5.37. The van der Waals surface area contributed by atoms with Gasteiger partial charge >= 0.3 is 5.97 Å². The molecule has 0 saturated heterocycles. The van der Waals surface area contributed by atoms with Crippen LogP contribution in [0.5, 0.6) is 11.5 Å². The number of rotatable bonds is 9. The lowest BCUT2D eigenvalue weighted by atomic mass is 10.1. The Kier molecular flexibility index (Phi) is 6.49. The zero-order valence-electron chi connectivity index (χ0n) is 14.0. The van der Waals surface area contributed by atoms with Crippen molar-refractivity contribution in [2.24, 2.45) is 0 Å². The molecule has 0 bridgehead atoms. The van der Waals surface area contributed by atoms with Crippen LogP contribution in [-0.2, 0) is 17.8 Å². The van der Waals surface area contributed by atoms with Crippen molar-refractivity contribution in [1.29, 1.82) is 0 Å². The van der Waals surface area contributed by atoms with Gasteiger partial charge in [-0.25, -0.2) is 0 Å². The lowest BCUT2D eigenvalue weighted by Crippen LogP contribution is -2.02. The zero-order valence-corrected chi connectivity index (χ0v) is 14.0. The second kappa shape index (κ2) is 8.82. The van der Waals surface area contributed by atoms with Crippen LogP contribution < -0.4 is 14.8 Å². The summed E-state index contributed by atoms with van der Waals surface area (Å²) in [7, 11) is 1.62. The number of aryl methyl sites for hydroxylation is 1. The Morgan fingerprint density at radius 2 is 1.96 bits per heavy atom. The van der Waals surface area contributed by atoms with E-state index < -0.39 is 5.97 Å². The highest BCUT2D eigenvalue weighted by Gasteiger charge is 2.06. The minimum Gasteiger partial charge on any atom is -0.493 e. The first-order chi connectivity index (χ1) is 11.6. The minimum atomic E-state index is -0.782. The summed E-state index contributed by atoms with van der Waals surface area (Å²) in [5, 5.41) is 12.1. The molecule has 2 aromatic carbocycles. The highest BCUT2D eigenvalue weighted by molar-refractivity contribution is 5.67. The highest BCUT2D eigenvalue weighted by atomic mass is 16.5. The van der Waals surface area contributed by atoms with Gasteiger partial charge in [0.15, 0.2) is 11.5 Å². The minimum absolute atomic E-state index is 0.139. The summed E-state index contributed by atoms with van der Waals surface area (Å²) >= 11 is 0. The number of carbonyl (C=O) groups is 1. The number of aliphatic carboxylic acids is 1. The summed E-state index contributed by atoms with van der Waals surface area (Å²) in [4.78, 5) is 10.7. The molecule has 0 radical (unpaired) electrons. The quantitative estimate of drug-likeness (QED) is 0.734. The van der Waals surface area contributed by atoms with Crippen LogP contribution in [0.2, 0.25) is 0 Å². The fraction of sp³-hybridized carbons (Fsp3) is 0.316. The smallest absolute Gasteiger partial charge is 0.303 e. The highest BCUT2D eigenvalue weighted by Crippen LogP contribution is 2.28. The largest absolute Gasteiger partial charge is 0.493 e. The molecule has 0 unspecified atom stereocenters. The molecule has 0 heterocycles. The molecule has 5 nitrogen and oxygen atoms in total. The number of nitrogens with one attached hydrogen (secondary N) is 1. The summed E-state index contributed by atoms with van der Waals surface area (Å²) in [6.45, 7) is 3.16. The number of hydrogen-bond donors (Lipinski definition) is 2. The van der Waals surface area contributed by atoms with Gasteiger partial charge in [-0.05, 0) is 48.7 Å². The van der Waals surface area contributed by atoms with E-state index in [1.54, 1.807) is 7.11 Å². The number of benzene rings is 2. The molecule has 0 spiro atoms. The molecule has 0 amide bonds. The predicted octanol–water partition coefficient (Wildman–Crippen LogP) is 3.72. The number of methoxy groups -OCH3 is 1. The third kappa shape index (κ3) is 5.19. The third-order valence-corrected chi connectivity index (χ3v) is 3.58. The summed E-state index contributed by atoms with van der Waals surface area (Å²) in [5.41, 5.74) is 3.05. The molecule has 0 aliphatic rings. The van der Waals surface area contributed by atoms with Gasteiger partial charge in [0.2, 0.25) is 0 Å². The number of carboxylic acid groups (broad SMARTS) is 1. The fourth-order valence-electron chi connectivity index (χ4n) is 2.39. The van der Waals surface area contributed by atoms with Crippen LogP contribution in [0.15, 0.2) is 42.5 Å². The average molecular weight is 329 g/mol. The van der Waals surface area contributed by atoms with Crippen molar-refractivity contribution in [3.05, 3.63) is 53.6 Å². The van der Waals surface area contributed by atoms with E-state index in [4.69, 9.17) is 14.6 Å². The van der Waals surface area contributed by atoms with Crippen LogP contribution in [0.1, 0.15) is 24.5 Å². The third-order valence-electron chi connectivity index (χ3n) is 3.58. The standard InChI is InChI=1S/C19H23NO4/c1-3-24-18-12-15(7-9-17(18)23-2)13-20-16-6-4-5-14(11-16)8-10-19(21)22/h4-7,9,11-12,20H,3,8,10,13H2,1-2H3,(H,21,22). The van der Waals surface area contributed by atoms with Crippen LogP contribution in [0.4, 0.5) is 5.69 Å². The van der Waals surface area contributed by atoms with Crippen LogP contribution in [0, 0.1) is 0 Å². The van der Waals surface area contributed by atoms with Crippen LogP contribution in [0.25, 0.3) is 0 Å². The van der Waals surface area contributed by atoms with Crippen molar-refractivity contribution >= 4 is 11.7 Å². The van der Waals surface area contributed by atoms with Gasteiger partial charge in [-0.3, -0.25) is 4.79 Å². The van der Waals surface area contributed by atoms with Gasteiger partial charge in [0, 0.05) is 18.7 Å². The van der Waals surface area contributed by atoms with Crippen molar-refractivity contribution in [3.63, 3.8) is 0 Å². The number of carboxylic acids is 1. The van der Waals surface area contributed by atoms with Crippen LogP contribution in [0.3, 0.4) is 0 Å². The van der Waals surface area contributed by atoms with Gasteiger partial charge < -0.3 is 19.9 Å². The molecule has 2 aromatic rings. The van der Waals surface area contributed by atoms with Crippen molar-refractivity contribution in [2.75, 3.05) is 19.0 Å². The van der Waals surface area contributed by atoms with E-state index in [-0.39, 0.29) is 6.42 Å². The summed E-state index contributed by atoms with van der Waals surface area (Å²) in [6, 6.07) is 13.7. The summed E-state index contributed by atoms with van der Waals surface area (Å²) in [6.07, 6.45) is 0.668. The first-order valence-electron chi connectivity index (χ1n) is 7.96. The van der Waals surface area contributed by atoms with Crippen molar-refractivity contribution in [1.82, 2.24) is 0 Å². The molecule has 0 fully saturated rings. The van der Waals surface area contributed by atoms with E-state index in [0.29, 0.717) is 19.6 Å². The van der Waals surface area contributed by atoms with E-state index in [0.717, 1.165) is 28.3 Å². The molecular weight excluding hydrogens is 306 g/mol. The Balaban J connectivity index is 2.01. The van der Waals surface area contributed by atoms with Crippen LogP contribution in [-0.4, -0.2) is 24.8 Å². The van der Waals surface area contributed by atoms with Gasteiger partial charge in [-0.15, -0.1) is 0 Å². The molecular formula is C19H23NO4. The molecule has 0 aromatic heterocycles. The topological polar surface area (TPSA) is 67.8 Å². The van der Waals surface area contributed by atoms with Gasteiger partial charge in [0.25, 0.3) is 0 Å². The van der Waals surface area contributed by atoms with Crippen molar-refractivity contribution in [3.8, 4) is 11.5 Å². The maximum Gasteiger partial charge on any atom is 0.303 e. The SMILES string of the molecule is CCOc1cc(CNc2cccc(CCC(=O)O)c2)ccc1OC. The van der Waals surface area contributed by atoms with E-state index in [1.165, 1.54) is 0 Å². The van der Waals surface area contributed by atoms with Gasteiger partial charge in [-0.2, -0.15) is 0 Å². The molecule has 5 heteroatoms. The Labute approximate surface area is 142 Å². The lowest BCUT2D eigenvalue weighted by molar-refractivity contribution is -0.136. The molecule has 0 aliphatic carbocycles. The Morgan fingerprint density at radius 1 is 1.12 bits per heavy atom. The molecule has 0 atom stereocenters. The first-order valence-corrected chi connectivity index (χ1v) is 7.96. The predicted molar refractivity (Wildman–Crippen MR) is 93.9 cm³/mol. The lowest BCUT2D eigenvalue weighted by Gasteiger charge is -2.12. The van der Waals surface area contributed by atoms with E-state index in [1.807, 2.05) is 49.4 Å². The maximum absolute atomic E-state index is 10.7. The van der Waals surface area contributed by atoms with Gasteiger partial charge in [-0.1, -0.05) is 18.2 Å². The maximum atomic E-state index is 10.7. The number of anilines is 1. The molecule has 0 aliphatic heterocycles. The zero-order chi connectivity index (χ0) is 17.4. The van der Waals surface area contributed by atoms with Gasteiger partial charge in [0.1, 0.15) is 0 Å². The Bertz CT molecular complexity index is 685. The van der Waals surface area contributed by atoms with E-state index in [9.17, 15) is 4.79 Å². The van der Waals surface area contributed by atoms with Crippen molar-refractivity contribution in [2.45, 2.75) is 26.3 Å². The molecule has 128 valence electrons. The van der Waals surface area contributed by atoms with Gasteiger partial charge in [0.05, 0.1) is 13.7 Å². The summed E-state index contributed by atoms with van der Waals surface area (Å²) in [5.74, 6) is 0.667. The first kappa shape index (κ1) is 17.7. The number of hydrogen-bond acceptors (Lipinski definition) is 4. The Morgan fingerprint density at radius 3 is 2.67 bits per heavy atom.